The Labute approximate surface area is 139 Å². The van der Waals surface area contributed by atoms with Crippen molar-refractivity contribution in [3.8, 4) is 0 Å². The molecule has 1 fully saturated rings. The summed E-state index contributed by atoms with van der Waals surface area (Å²) >= 11 is 1.55. The van der Waals surface area contributed by atoms with Gasteiger partial charge in [-0.25, -0.2) is 0 Å². The number of carbonyl (C=O) groups excluding carboxylic acids is 2. The molecule has 6 heteroatoms. The molecular formula is C17H19N3O2S. The van der Waals surface area contributed by atoms with Gasteiger partial charge < -0.3 is 9.80 Å². The highest BCUT2D eigenvalue weighted by Crippen LogP contribution is 2.26. The van der Waals surface area contributed by atoms with Gasteiger partial charge in [0.15, 0.2) is 0 Å². The normalized spacial score (nSPS) is 15.0. The molecule has 1 saturated heterocycles. The number of pyridine rings is 1. The zero-order valence-electron chi connectivity index (χ0n) is 13.1. The Hall–Kier alpha value is -2.08. The van der Waals surface area contributed by atoms with E-state index in [1.807, 2.05) is 35.2 Å². The predicted octanol–water partition coefficient (Wildman–Crippen LogP) is 2.02. The van der Waals surface area contributed by atoms with Crippen LogP contribution >= 0.6 is 11.8 Å². The molecule has 2 heterocycles. The number of hydrogen-bond acceptors (Lipinski definition) is 4. The van der Waals surface area contributed by atoms with Crippen LogP contribution in [-0.2, 0) is 9.59 Å². The molecule has 1 aromatic heterocycles. The first-order valence-corrected chi connectivity index (χ1v) is 8.63. The van der Waals surface area contributed by atoms with Crippen molar-refractivity contribution in [3.05, 3.63) is 36.5 Å². The second kappa shape index (κ2) is 7.00. The Morgan fingerprint density at radius 3 is 2.52 bits per heavy atom. The number of aromatic nitrogens is 1. The van der Waals surface area contributed by atoms with Gasteiger partial charge in [0, 0.05) is 49.6 Å². The third-order valence-electron chi connectivity index (χ3n) is 4.04. The third kappa shape index (κ3) is 3.64. The lowest BCUT2D eigenvalue weighted by molar-refractivity contribution is -0.136. The van der Waals surface area contributed by atoms with E-state index < -0.39 is 0 Å². The van der Waals surface area contributed by atoms with Crippen LogP contribution in [0.4, 0.5) is 0 Å². The van der Waals surface area contributed by atoms with E-state index in [0.717, 1.165) is 15.8 Å². The molecule has 5 nitrogen and oxygen atoms in total. The Morgan fingerprint density at radius 1 is 1.09 bits per heavy atom. The highest BCUT2D eigenvalue weighted by Gasteiger charge is 2.22. The largest absolute Gasteiger partial charge is 0.339 e. The van der Waals surface area contributed by atoms with Gasteiger partial charge in [-0.05, 0) is 12.1 Å². The van der Waals surface area contributed by atoms with Crippen molar-refractivity contribution in [1.82, 2.24) is 14.8 Å². The summed E-state index contributed by atoms with van der Waals surface area (Å²) in [7, 11) is 0. The molecule has 3 rings (SSSR count). The van der Waals surface area contributed by atoms with Gasteiger partial charge in [-0.3, -0.25) is 14.6 Å². The summed E-state index contributed by atoms with van der Waals surface area (Å²) in [6.07, 6.45) is 1.78. The standard InChI is InChI=1S/C17H19N3O2S/c1-13(21)19-8-10-20(11-9-19)17(22)12-23-16-6-7-18-15-5-3-2-4-14(15)16/h2-7H,8-12H2,1H3. The van der Waals surface area contributed by atoms with Gasteiger partial charge in [-0.2, -0.15) is 0 Å². The minimum atomic E-state index is 0.0785. The summed E-state index contributed by atoms with van der Waals surface area (Å²) in [4.78, 5) is 32.7. The van der Waals surface area contributed by atoms with E-state index in [9.17, 15) is 9.59 Å². The van der Waals surface area contributed by atoms with Crippen molar-refractivity contribution in [3.63, 3.8) is 0 Å². The minimum Gasteiger partial charge on any atom is -0.339 e. The van der Waals surface area contributed by atoms with Crippen LogP contribution in [0.3, 0.4) is 0 Å². The number of rotatable bonds is 3. The molecular weight excluding hydrogens is 310 g/mol. The average molecular weight is 329 g/mol. The van der Waals surface area contributed by atoms with Crippen LogP contribution in [0.15, 0.2) is 41.4 Å². The quantitative estimate of drug-likeness (QED) is 0.809. The van der Waals surface area contributed by atoms with E-state index in [4.69, 9.17) is 0 Å². The number of carbonyl (C=O) groups is 2. The van der Waals surface area contributed by atoms with E-state index >= 15 is 0 Å². The molecule has 1 aromatic carbocycles. The summed E-state index contributed by atoms with van der Waals surface area (Å²) in [6.45, 7) is 4.07. The second-order valence-corrected chi connectivity index (χ2v) is 6.52. The van der Waals surface area contributed by atoms with Crippen LogP contribution in [0.25, 0.3) is 10.9 Å². The Morgan fingerprint density at radius 2 is 1.78 bits per heavy atom. The first-order chi connectivity index (χ1) is 11.1. The molecule has 0 spiro atoms. The molecule has 2 aromatic rings. The van der Waals surface area contributed by atoms with Crippen molar-refractivity contribution < 1.29 is 9.59 Å². The molecule has 0 radical (unpaired) electrons. The van der Waals surface area contributed by atoms with E-state index in [0.29, 0.717) is 31.9 Å². The second-order valence-electron chi connectivity index (χ2n) is 5.50. The number of amides is 2. The number of thioether (sulfide) groups is 1. The SMILES string of the molecule is CC(=O)N1CCN(C(=O)CSc2ccnc3ccccc23)CC1. The van der Waals surface area contributed by atoms with Crippen LogP contribution in [0.1, 0.15) is 6.92 Å². The van der Waals surface area contributed by atoms with Crippen LogP contribution in [0, 0.1) is 0 Å². The third-order valence-corrected chi connectivity index (χ3v) is 5.10. The summed E-state index contributed by atoms with van der Waals surface area (Å²) in [5.74, 6) is 0.613. The number of piperazine rings is 1. The topological polar surface area (TPSA) is 53.5 Å². The Kier molecular flexibility index (Phi) is 4.81. The van der Waals surface area contributed by atoms with Gasteiger partial charge in [0.2, 0.25) is 11.8 Å². The maximum absolute atomic E-state index is 12.4. The van der Waals surface area contributed by atoms with Gasteiger partial charge in [0.25, 0.3) is 0 Å². The summed E-state index contributed by atoms with van der Waals surface area (Å²) in [6, 6.07) is 9.90. The summed E-state index contributed by atoms with van der Waals surface area (Å²) in [5.41, 5.74) is 0.944. The molecule has 0 N–H and O–H groups in total. The van der Waals surface area contributed by atoms with E-state index in [1.54, 1.807) is 29.8 Å². The van der Waals surface area contributed by atoms with E-state index in [1.165, 1.54) is 0 Å². The first kappa shape index (κ1) is 15.8. The van der Waals surface area contributed by atoms with Gasteiger partial charge in [-0.1, -0.05) is 18.2 Å². The Balaban J connectivity index is 1.60. The molecule has 1 aliphatic rings. The summed E-state index contributed by atoms with van der Waals surface area (Å²) < 4.78 is 0. The monoisotopic (exact) mass is 329 g/mol. The fourth-order valence-electron chi connectivity index (χ4n) is 2.70. The van der Waals surface area contributed by atoms with Gasteiger partial charge in [0.1, 0.15) is 0 Å². The Bertz CT molecular complexity index is 721. The number of benzene rings is 1. The maximum Gasteiger partial charge on any atom is 0.233 e. The zero-order valence-corrected chi connectivity index (χ0v) is 13.9. The van der Waals surface area contributed by atoms with Crippen molar-refractivity contribution in [2.75, 3.05) is 31.9 Å². The molecule has 0 bridgehead atoms. The van der Waals surface area contributed by atoms with Crippen LogP contribution in [0.2, 0.25) is 0 Å². The van der Waals surface area contributed by atoms with E-state index in [-0.39, 0.29) is 11.8 Å². The first-order valence-electron chi connectivity index (χ1n) is 7.65. The highest BCUT2D eigenvalue weighted by atomic mass is 32.2. The summed E-state index contributed by atoms with van der Waals surface area (Å²) in [5, 5.41) is 1.08. The van der Waals surface area contributed by atoms with E-state index in [2.05, 4.69) is 4.98 Å². The number of fused-ring (bicyclic) bond motifs is 1. The number of hydrogen-bond donors (Lipinski definition) is 0. The number of para-hydroxylation sites is 1. The van der Waals surface area contributed by atoms with Crippen LogP contribution in [-0.4, -0.2) is 58.5 Å². The molecule has 0 aliphatic carbocycles. The molecule has 2 amide bonds. The minimum absolute atomic E-state index is 0.0785. The van der Waals surface area contributed by atoms with Crippen molar-refractivity contribution >= 4 is 34.5 Å². The van der Waals surface area contributed by atoms with Crippen molar-refractivity contribution in [2.45, 2.75) is 11.8 Å². The van der Waals surface area contributed by atoms with Crippen LogP contribution < -0.4 is 0 Å². The molecule has 23 heavy (non-hydrogen) atoms. The smallest absolute Gasteiger partial charge is 0.233 e. The lowest BCUT2D eigenvalue weighted by atomic mass is 10.2. The average Bonchev–Trinajstić information content (AvgIpc) is 2.59. The highest BCUT2D eigenvalue weighted by molar-refractivity contribution is 8.00. The zero-order chi connectivity index (χ0) is 16.2. The van der Waals surface area contributed by atoms with Crippen molar-refractivity contribution in [1.29, 1.82) is 0 Å². The van der Waals surface area contributed by atoms with Gasteiger partial charge in [0.05, 0.1) is 11.3 Å². The predicted molar refractivity (Wildman–Crippen MR) is 91.3 cm³/mol. The lowest BCUT2D eigenvalue weighted by Gasteiger charge is -2.34. The molecule has 0 unspecified atom stereocenters. The molecule has 0 saturated carbocycles. The fraction of sp³-hybridized carbons (Fsp3) is 0.353. The number of nitrogens with zero attached hydrogens (tertiary/aromatic N) is 3. The van der Waals surface area contributed by atoms with Gasteiger partial charge >= 0.3 is 0 Å². The van der Waals surface area contributed by atoms with Gasteiger partial charge in [-0.15, -0.1) is 11.8 Å². The molecule has 0 atom stereocenters. The molecule has 1 aliphatic heterocycles. The fourth-order valence-corrected chi connectivity index (χ4v) is 3.64. The lowest BCUT2D eigenvalue weighted by Crippen LogP contribution is -2.50. The van der Waals surface area contributed by atoms with Crippen LogP contribution in [0.5, 0.6) is 0 Å². The van der Waals surface area contributed by atoms with Crippen molar-refractivity contribution in [2.24, 2.45) is 0 Å². The maximum atomic E-state index is 12.4. The molecule has 120 valence electrons.